The Labute approximate surface area is 128 Å². The number of benzene rings is 1. The van der Waals surface area contributed by atoms with Crippen LogP contribution < -0.4 is 5.32 Å². The number of nitrogens with two attached hydrogens (primary N) is 1. The standard InChI is InChI=1S/C19H27NO/c1-13(20-12-17-4-2-3-5-18(17)21)19-9-14-6-15(10-19)8-16(7-14)11-19/h2-5,13-16,20-21H,6-12H2,1H3/p+1/t13-,14?,15?,16?,19?/m1/s1. The fraction of sp³-hybridized carbons (Fsp3) is 0.684. The largest absolute Gasteiger partial charge is 0.507 e. The van der Waals surface area contributed by atoms with Gasteiger partial charge in [-0.2, -0.15) is 0 Å². The van der Waals surface area contributed by atoms with Gasteiger partial charge < -0.3 is 10.4 Å². The van der Waals surface area contributed by atoms with E-state index in [9.17, 15) is 5.11 Å². The number of hydrogen-bond acceptors (Lipinski definition) is 1. The summed E-state index contributed by atoms with van der Waals surface area (Å²) in [7, 11) is 0. The molecule has 114 valence electrons. The third kappa shape index (κ3) is 2.38. The number of quaternary nitrogens is 1. The fourth-order valence-corrected chi connectivity index (χ4v) is 5.97. The predicted octanol–water partition coefficient (Wildman–Crippen LogP) is 3.06. The van der Waals surface area contributed by atoms with Crippen molar-refractivity contribution in [1.29, 1.82) is 0 Å². The first-order valence-corrected chi connectivity index (χ1v) is 8.75. The second-order valence-corrected chi connectivity index (χ2v) is 8.14. The van der Waals surface area contributed by atoms with Crippen LogP contribution in [0.3, 0.4) is 0 Å². The average molecular weight is 286 g/mol. The second-order valence-electron chi connectivity index (χ2n) is 8.14. The van der Waals surface area contributed by atoms with Crippen LogP contribution in [-0.4, -0.2) is 11.1 Å². The number of phenolic OH excluding ortho intramolecular Hbond substituents is 1. The molecule has 5 rings (SSSR count). The third-order valence-electron chi connectivity index (χ3n) is 6.73. The summed E-state index contributed by atoms with van der Waals surface area (Å²) in [5.74, 6) is 3.53. The Hall–Kier alpha value is -1.02. The summed E-state index contributed by atoms with van der Waals surface area (Å²) in [5, 5.41) is 12.4. The Morgan fingerprint density at radius 3 is 2.24 bits per heavy atom. The lowest BCUT2D eigenvalue weighted by Crippen LogP contribution is -2.91. The van der Waals surface area contributed by atoms with Gasteiger partial charge in [0.1, 0.15) is 12.3 Å². The maximum Gasteiger partial charge on any atom is 0.124 e. The lowest BCUT2D eigenvalue weighted by molar-refractivity contribution is -0.717. The summed E-state index contributed by atoms with van der Waals surface area (Å²) in [6.07, 6.45) is 8.97. The number of aromatic hydroxyl groups is 1. The quantitative estimate of drug-likeness (QED) is 0.877. The number of rotatable bonds is 4. The highest BCUT2D eigenvalue weighted by atomic mass is 16.3. The van der Waals surface area contributed by atoms with Crippen molar-refractivity contribution < 1.29 is 10.4 Å². The van der Waals surface area contributed by atoms with Crippen molar-refractivity contribution in [3.63, 3.8) is 0 Å². The van der Waals surface area contributed by atoms with E-state index in [1.165, 1.54) is 38.5 Å². The second kappa shape index (κ2) is 5.01. The van der Waals surface area contributed by atoms with E-state index in [2.05, 4.69) is 18.3 Å². The summed E-state index contributed by atoms with van der Waals surface area (Å²) in [4.78, 5) is 0. The van der Waals surface area contributed by atoms with Crippen LogP contribution >= 0.6 is 0 Å². The van der Waals surface area contributed by atoms with Crippen LogP contribution in [0.4, 0.5) is 0 Å². The smallest absolute Gasteiger partial charge is 0.124 e. The zero-order valence-electron chi connectivity index (χ0n) is 13.1. The van der Waals surface area contributed by atoms with Gasteiger partial charge in [0.2, 0.25) is 0 Å². The van der Waals surface area contributed by atoms with Gasteiger partial charge in [0.15, 0.2) is 0 Å². The first-order valence-electron chi connectivity index (χ1n) is 8.75. The van der Waals surface area contributed by atoms with E-state index in [-0.39, 0.29) is 0 Å². The Balaban J connectivity index is 1.45. The van der Waals surface area contributed by atoms with E-state index < -0.39 is 0 Å². The van der Waals surface area contributed by atoms with Crippen molar-refractivity contribution in [3.8, 4) is 5.75 Å². The Bertz CT molecular complexity index is 489. The molecule has 0 heterocycles. The van der Waals surface area contributed by atoms with Gasteiger partial charge in [0, 0.05) is 11.0 Å². The minimum absolute atomic E-state index is 0.450. The van der Waals surface area contributed by atoms with E-state index in [1.54, 1.807) is 6.07 Å². The minimum Gasteiger partial charge on any atom is -0.507 e. The van der Waals surface area contributed by atoms with E-state index in [1.807, 2.05) is 12.1 Å². The molecule has 0 aromatic heterocycles. The molecule has 2 heteroatoms. The van der Waals surface area contributed by atoms with Gasteiger partial charge in [0.25, 0.3) is 0 Å². The Morgan fingerprint density at radius 1 is 1.10 bits per heavy atom. The first-order chi connectivity index (χ1) is 10.1. The molecule has 4 saturated carbocycles. The van der Waals surface area contributed by atoms with Crippen LogP contribution in [0.25, 0.3) is 0 Å². The number of hydrogen-bond donors (Lipinski definition) is 2. The van der Waals surface area contributed by atoms with Crippen molar-refractivity contribution in [1.82, 2.24) is 0 Å². The van der Waals surface area contributed by atoms with Gasteiger partial charge in [-0.05, 0) is 75.3 Å². The van der Waals surface area contributed by atoms with E-state index in [0.717, 1.165) is 29.9 Å². The minimum atomic E-state index is 0.450. The van der Waals surface area contributed by atoms with E-state index in [0.29, 0.717) is 17.2 Å². The predicted molar refractivity (Wildman–Crippen MR) is 83.8 cm³/mol. The molecule has 2 nitrogen and oxygen atoms in total. The van der Waals surface area contributed by atoms with Crippen molar-refractivity contribution >= 4 is 0 Å². The van der Waals surface area contributed by atoms with Crippen LogP contribution in [0.15, 0.2) is 24.3 Å². The number of phenols is 1. The summed E-state index contributed by atoms with van der Waals surface area (Å²) in [6.45, 7) is 3.35. The fourth-order valence-electron chi connectivity index (χ4n) is 5.97. The molecule has 0 radical (unpaired) electrons. The maximum atomic E-state index is 9.94. The SMILES string of the molecule is C[C@@H]([NH2+]Cc1ccccc1O)C12CC3CC(CC(C3)C1)C2. The zero-order chi connectivity index (χ0) is 14.4. The van der Waals surface area contributed by atoms with Crippen molar-refractivity contribution in [2.24, 2.45) is 23.2 Å². The van der Waals surface area contributed by atoms with Gasteiger partial charge in [0.05, 0.1) is 6.04 Å². The van der Waals surface area contributed by atoms with Crippen molar-refractivity contribution in [2.75, 3.05) is 0 Å². The topological polar surface area (TPSA) is 36.8 Å². The molecule has 4 bridgehead atoms. The van der Waals surface area contributed by atoms with Gasteiger partial charge in [-0.15, -0.1) is 0 Å². The van der Waals surface area contributed by atoms with Crippen molar-refractivity contribution in [3.05, 3.63) is 29.8 Å². The molecule has 21 heavy (non-hydrogen) atoms. The molecular weight excluding hydrogens is 258 g/mol. The molecular formula is C19H28NO+. The summed E-state index contributed by atoms with van der Waals surface area (Å²) in [5.41, 5.74) is 1.67. The lowest BCUT2D eigenvalue weighted by atomic mass is 9.48. The van der Waals surface area contributed by atoms with Gasteiger partial charge in [-0.1, -0.05) is 12.1 Å². The molecule has 0 unspecified atom stereocenters. The normalized spacial score (nSPS) is 38.6. The Kier molecular flexibility index (Phi) is 3.25. The molecule has 3 N–H and O–H groups in total. The molecule has 0 saturated heterocycles. The van der Waals surface area contributed by atoms with Crippen molar-refractivity contribution in [2.45, 2.75) is 58.0 Å². The zero-order valence-corrected chi connectivity index (χ0v) is 13.1. The van der Waals surface area contributed by atoms with Gasteiger partial charge in [-0.25, -0.2) is 0 Å². The van der Waals surface area contributed by atoms with Crippen LogP contribution in [-0.2, 0) is 6.54 Å². The highest BCUT2D eigenvalue weighted by Crippen LogP contribution is 2.60. The number of para-hydroxylation sites is 1. The summed E-state index contributed by atoms with van der Waals surface area (Å²) >= 11 is 0. The monoisotopic (exact) mass is 286 g/mol. The molecule has 1 atom stereocenters. The van der Waals surface area contributed by atoms with Crippen LogP contribution in [0.2, 0.25) is 0 Å². The van der Waals surface area contributed by atoms with Gasteiger partial charge >= 0.3 is 0 Å². The van der Waals surface area contributed by atoms with E-state index in [4.69, 9.17) is 0 Å². The molecule has 4 aliphatic rings. The van der Waals surface area contributed by atoms with Crippen LogP contribution in [0, 0.1) is 23.2 Å². The Morgan fingerprint density at radius 2 is 1.67 bits per heavy atom. The molecule has 1 aromatic rings. The van der Waals surface area contributed by atoms with E-state index >= 15 is 0 Å². The lowest BCUT2D eigenvalue weighted by Gasteiger charge is -2.57. The molecule has 0 aliphatic heterocycles. The van der Waals surface area contributed by atoms with Gasteiger partial charge in [-0.3, -0.25) is 0 Å². The highest BCUT2D eigenvalue weighted by molar-refractivity contribution is 5.30. The highest BCUT2D eigenvalue weighted by Gasteiger charge is 2.54. The molecule has 0 amide bonds. The third-order valence-corrected chi connectivity index (χ3v) is 6.73. The maximum absolute atomic E-state index is 9.94. The summed E-state index contributed by atoms with van der Waals surface area (Å²) in [6, 6.07) is 8.47. The average Bonchev–Trinajstić information content (AvgIpc) is 2.44. The molecule has 0 spiro atoms. The van der Waals surface area contributed by atoms with Crippen LogP contribution in [0.1, 0.15) is 51.0 Å². The molecule has 4 fully saturated rings. The first kappa shape index (κ1) is 13.6. The molecule has 4 aliphatic carbocycles. The molecule has 1 aromatic carbocycles. The summed E-state index contributed by atoms with van der Waals surface area (Å²) < 4.78 is 0. The van der Waals surface area contributed by atoms with Crippen LogP contribution in [0.5, 0.6) is 5.75 Å².